The van der Waals surface area contributed by atoms with Gasteiger partial charge in [-0.1, -0.05) is 26.0 Å². The van der Waals surface area contributed by atoms with E-state index in [1.165, 1.54) is 0 Å². The van der Waals surface area contributed by atoms with Crippen molar-refractivity contribution in [2.24, 2.45) is 5.41 Å². The molecular weight excluding hydrogens is 386 g/mol. The van der Waals surface area contributed by atoms with Crippen LogP contribution in [0.2, 0.25) is 0 Å². The summed E-state index contributed by atoms with van der Waals surface area (Å²) in [6, 6.07) is 7.02. The Balaban J connectivity index is 1.47. The number of hydrogen-bond donors (Lipinski definition) is 2. The summed E-state index contributed by atoms with van der Waals surface area (Å²) in [5.74, 6) is -0.189. The fraction of sp³-hybridized carbons (Fsp3) is 0.652. The number of carbonyl (C=O) groups excluding carboxylic acids is 1. The molecule has 1 aliphatic heterocycles. The molecule has 2 fully saturated rings. The minimum Gasteiger partial charge on any atom is -0.478 e. The second-order valence-electron chi connectivity index (χ2n) is 9.39. The number of amides is 1. The van der Waals surface area contributed by atoms with E-state index in [-0.39, 0.29) is 11.3 Å². The highest BCUT2D eigenvalue weighted by Gasteiger charge is 2.38. The fourth-order valence-corrected chi connectivity index (χ4v) is 5.51. The maximum absolute atomic E-state index is 12.4. The van der Waals surface area contributed by atoms with Gasteiger partial charge in [0.1, 0.15) is 0 Å². The first kappa shape index (κ1) is 22.2. The van der Waals surface area contributed by atoms with Crippen LogP contribution < -0.4 is 0 Å². The third-order valence-corrected chi connectivity index (χ3v) is 7.83. The number of carboxylic acid groups (broad SMARTS) is 1. The molecule has 1 saturated heterocycles. The molecule has 29 heavy (non-hydrogen) atoms. The number of thioether (sulfide) groups is 1. The monoisotopic (exact) mass is 419 g/mol. The molecule has 1 aromatic rings. The zero-order valence-electron chi connectivity index (χ0n) is 17.5. The van der Waals surface area contributed by atoms with Gasteiger partial charge in [-0.3, -0.25) is 4.79 Å². The molecule has 1 saturated carbocycles. The Bertz CT molecular complexity index is 721. The molecule has 1 amide bonds. The Morgan fingerprint density at radius 3 is 2.45 bits per heavy atom. The summed E-state index contributed by atoms with van der Waals surface area (Å²) >= 11 is 1.70. The van der Waals surface area contributed by atoms with Gasteiger partial charge in [0.25, 0.3) is 0 Å². The fourth-order valence-electron chi connectivity index (χ4n) is 4.27. The quantitative estimate of drug-likeness (QED) is 0.656. The molecular formula is C23H33NO4S. The molecule has 5 nitrogen and oxygen atoms in total. The Morgan fingerprint density at radius 2 is 1.83 bits per heavy atom. The molecule has 0 aromatic heterocycles. The van der Waals surface area contributed by atoms with Crippen LogP contribution in [0.15, 0.2) is 24.3 Å². The molecule has 0 spiro atoms. The van der Waals surface area contributed by atoms with Crippen molar-refractivity contribution in [1.29, 1.82) is 0 Å². The first-order valence-corrected chi connectivity index (χ1v) is 11.7. The number of nitrogens with zero attached hydrogens (tertiary/aromatic N) is 1. The minimum absolute atomic E-state index is 0.185. The van der Waals surface area contributed by atoms with Crippen LogP contribution >= 0.6 is 11.8 Å². The van der Waals surface area contributed by atoms with E-state index in [1.54, 1.807) is 23.9 Å². The number of aliphatic hydroxyl groups is 1. The van der Waals surface area contributed by atoms with E-state index in [0.29, 0.717) is 29.7 Å². The number of benzene rings is 1. The van der Waals surface area contributed by atoms with Gasteiger partial charge in [-0.05, 0) is 74.5 Å². The summed E-state index contributed by atoms with van der Waals surface area (Å²) in [6.07, 6.45) is 7.14. The summed E-state index contributed by atoms with van der Waals surface area (Å²) in [5.41, 5.74) is 1.12. The molecule has 0 radical (unpaired) electrons. The lowest BCUT2D eigenvalue weighted by Crippen LogP contribution is -2.42. The van der Waals surface area contributed by atoms with Crippen molar-refractivity contribution in [3.8, 4) is 0 Å². The van der Waals surface area contributed by atoms with Gasteiger partial charge in [-0.2, -0.15) is 0 Å². The molecule has 3 rings (SSSR count). The number of hydrogen-bond acceptors (Lipinski definition) is 4. The number of aromatic carboxylic acids is 1. The molecule has 2 aliphatic rings. The zero-order valence-corrected chi connectivity index (χ0v) is 18.3. The van der Waals surface area contributed by atoms with E-state index >= 15 is 0 Å². The number of carboxylic acids is 1. The van der Waals surface area contributed by atoms with Crippen LogP contribution in [0.5, 0.6) is 0 Å². The van der Waals surface area contributed by atoms with Crippen LogP contribution in [0.4, 0.5) is 0 Å². The largest absolute Gasteiger partial charge is 0.478 e. The molecule has 160 valence electrons. The van der Waals surface area contributed by atoms with Crippen molar-refractivity contribution in [1.82, 2.24) is 4.90 Å². The topological polar surface area (TPSA) is 77.8 Å². The van der Waals surface area contributed by atoms with Crippen molar-refractivity contribution in [2.45, 2.75) is 76.2 Å². The molecule has 1 aromatic carbocycles. The molecule has 6 heteroatoms. The molecule has 1 heterocycles. The smallest absolute Gasteiger partial charge is 0.335 e. The third-order valence-electron chi connectivity index (χ3n) is 6.54. The van der Waals surface area contributed by atoms with Crippen LogP contribution in [-0.2, 0) is 11.2 Å². The van der Waals surface area contributed by atoms with Gasteiger partial charge in [0.05, 0.1) is 22.3 Å². The average molecular weight is 420 g/mol. The van der Waals surface area contributed by atoms with Gasteiger partial charge in [-0.25, -0.2) is 4.79 Å². The average Bonchev–Trinajstić information content (AvgIpc) is 3.03. The summed E-state index contributed by atoms with van der Waals surface area (Å²) in [6.45, 7) is 5.16. The van der Waals surface area contributed by atoms with Crippen LogP contribution in [0.1, 0.15) is 74.7 Å². The van der Waals surface area contributed by atoms with Crippen molar-refractivity contribution in [3.63, 3.8) is 0 Å². The molecule has 0 bridgehead atoms. The standard InChI is InChI=1S/C23H33NO4S/c1-22(2)10-12-23(28,13-11-22)14-15-24-19(25)16-29-20(24)5-3-4-17-6-8-18(9-7-17)21(26)27/h6-9,20,28H,3-5,10-16H2,1-2H3,(H,26,27). The van der Waals surface area contributed by atoms with E-state index in [1.807, 2.05) is 17.0 Å². The van der Waals surface area contributed by atoms with Crippen molar-refractivity contribution in [2.75, 3.05) is 12.3 Å². The maximum atomic E-state index is 12.4. The highest BCUT2D eigenvalue weighted by molar-refractivity contribution is 8.00. The van der Waals surface area contributed by atoms with Gasteiger partial charge in [-0.15, -0.1) is 11.8 Å². The highest BCUT2D eigenvalue weighted by Crippen LogP contribution is 2.42. The number of aryl methyl sites for hydroxylation is 1. The predicted molar refractivity (Wildman–Crippen MR) is 116 cm³/mol. The summed E-state index contributed by atoms with van der Waals surface area (Å²) < 4.78 is 0. The van der Waals surface area contributed by atoms with E-state index in [2.05, 4.69) is 13.8 Å². The first-order valence-electron chi connectivity index (χ1n) is 10.6. The van der Waals surface area contributed by atoms with Gasteiger partial charge in [0.2, 0.25) is 5.91 Å². The van der Waals surface area contributed by atoms with Crippen LogP contribution in [0.25, 0.3) is 0 Å². The van der Waals surface area contributed by atoms with Crippen LogP contribution in [-0.4, -0.2) is 50.3 Å². The normalized spacial score (nSPS) is 23.3. The second-order valence-corrected chi connectivity index (χ2v) is 10.6. The molecule has 2 N–H and O–H groups in total. The molecule has 1 atom stereocenters. The second kappa shape index (κ2) is 9.09. The Hall–Kier alpha value is -1.53. The summed E-state index contributed by atoms with van der Waals surface area (Å²) in [5, 5.41) is 20.1. The molecule has 1 aliphatic carbocycles. The Morgan fingerprint density at radius 1 is 1.17 bits per heavy atom. The van der Waals surface area contributed by atoms with Crippen molar-refractivity contribution < 1.29 is 19.8 Å². The lowest BCUT2D eigenvalue weighted by molar-refractivity contribution is -0.129. The zero-order chi connectivity index (χ0) is 21.1. The van der Waals surface area contributed by atoms with Gasteiger partial charge >= 0.3 is 5.97 Å². The van der Waals surface area contributed by atoms with E-state index in [9.17, 15) is 14.7 Å². The maximum Gasteiger partial charge on any atom is 0.335 e. The Kier molecular flexibility index (Phi) is 6.94. The number of carbonyl (C=O) groups is 2. The van der Waals surface area contributed by atoms with Gasteiger partial charge in [0, 0.05) is 6.54 Å². The van der Waals surface area contributed by atoms with Gasteiger partial charge in [0.15, 0.2) is 0 Å². The molecule has 1 unspecified atom stereocenters. The lowest BCUT2D eigenvalue weighted by Gasteiger charge is -2.41. The van der Waals surface area contributed by atoms with E-state index < -0.39 is 11.6 Å². The number of rotatable bonds is 8. The van der Waals surface area contributed by atoms with Crippen LogP contribution in [0, 0.1) is 5.41 Å². The summed E-state index contributed by atoms with van der Waals surface area (Å²) in [4.78, 5) is 25.3. The SMILES string of the molecule is CC1(C)CCC(O)(CCN2C(=O)CSC2CCCc2ccc(C(=O)O)cc2)CC1. The summed E-state index contributed by atoms with van der Waals surface area (Å²) in [7, 11) is 0. The van der Waals surface area contributed by atoms with Crippen molar-refractivity contribution >= 4 is 23.6 Å². The van der Waals surface area contributed by atoms with Gasteiger partial charge < -0.3 is 15.1 Å². The van der Waals surface area contributed by atoms with E-state index in [4.69, 9.17) is 5.11 Å². The lowest BCUT2D eigenvalue weighted by atomic mass is 9.70. The minimum atomic E-state index is -0.906. The van der Waals surface area contributed by atoms with E-state index in [0.717, 1.165) is 50.5 Å². The predicted octanol–water partition coefficient (Wildman–Crippen LogP) is 4.33. The van der Waals surface area contributed by atoms with Crippen molar-refractivity contribution in [3.05, 3.63) is 35.4 Å². The Labute approximate surface area is 177 Å². The highest BCUT2D eigenvalue weighted by atomic mass is 32.2. The van der Waals surface area contributed by atoms with Crippen LogP contribution in [0.3, 0.4) is 0 Å². The third kappa shape index (κ3) is 5.98. The first-order chi connectivity index (χ1) is 13.7.